The topological polar surface area (TPSA) is 52.6 Å². The lowest BCUT2D eigenvalue weighted by molar-refractivity contribution is -0.147. The fourth-order valence-corrected chi connectivity index (χ4v) is 2.76. The summed E-state index contributed by atoms with van der Waals surface area (Å²) in [5.74, 6) is -0.843. The van der Waals surface area contributed by atoms with Crippen LogP contribution in [-0.2, 0) is 14.3 Å². The van der Waals surface area contributed by atoms with Gasteiger partial charge >= 0.3 is 5.97 Å². The van der Waals surface area contributed by atoms with Crippen molar-refractivity contribution < 1.29 is 19.1 Å². The molecule has 0 bridgehead atoms. The van der Waals surface area contributed by atoms with Gasteiger partial charge in [0.05, 0.1) is 10.4 Å². The molecule has 1 aromatic carbocycles. The first kappa shape index (κ1) is 19.6. The Kier molecular flexibility index (Phi) is 7.46. The number of ketones is 1. The minimum atomic E-state index is -0.950. The summed E-state index contributed by atoms with van der Waals surface area (Å²) in [5, 5.41) is -0.199. The van der Waals surface area contributed by atoms with Crippen molar-refractivity contribution in [2.45, 2.75) is 18.9 Å². The molecule has 122 valence electrons. The average Bonchev–Trinajstić information content (AvgIpc) is 2.46. The quantitative estimate of drug-likeness (QED) is 0.471. The highest BCUT2D eigenvalue weighted by Crippen LogP contribution is 2.31. The molecule has 0 amide bonds. The summed E-state index contributed by atoms with van der Waals surface area (Å²) in [5.41, 5.74) is -0.950. The molecule has 22 heavy (non-hydrogen) atoms. The van der Waals surface area contributed by atoms with E-state index in [4.69, 9.17) is 44.3 Å². The third-order valence-corrected chi connectivity index (χ3v) is 4.05. The van der Waals surface area contributed by atoms with E-state index in [1.54, 1.807) is 26.0 Å². The fraction of sp³-hybridized carbons (Fsp3) is 0.429. The van der Waals surface area contributed by atoms with Crippen LogP contribution in [0.4, 0.5) is 0 Å². The van der Waals surface area contributed by atoms with Crippen LogP contribution in [0.1, 0.15) is 13.8 Å². The van der Waals surface area contributed by atoms with Gasteiger partial charge in [-0.2, -0.15) is 0 Å². The van der Waals surface area contributed by atoms with E-state index < -0.39 is 16.4 Å². The van der Waals surface area contributed by atoms with Gasteiger partial charge in [-0.3, -0.25) is 9.59 Å². The number of Topliss-reactive ketones (excluding diaryl/α,β-unsaturated/α-hetero) is 1. The zero-order valence-corrected chi connectivity index (χ0v) is 15.7. The maximum Gasteiger partial charge on any atom is 0.320 e. The van der Waals surface area contributed by atoms with Gasteiger partial charge < -0.3 is 9.47 Å². The number of halogens is 4. The standard InChI is InChI=1S/C14H14BrCl3O4/c1-14(2,7-21-11(19)6-16)12(20)13(15)22-10-4-3-8(17)5-9(10)18/h3-5,13H,6-7H2,1-2H3. The predicted octanol–water partition coefficient (Wildman–Crippen LogP) is 4.47. The molecular weight excluding hydrogens is 418 g/mol. The first-order valence-corrected chi connectivity index (χ1v) is 8.39. The maximum absolute atomic E-state index is 12.4. The monoisotopic (exact) mass is 430 g/mol. The van der Waals surface area contributed by atoms with Crippen LogP contribution in [0.15, 0.2) is 18.2 Å². The van der Waals surface area contributed by atoms with Crippen LogP contribution >= 0.6 is 50.7 Å². The zero-order valence-electron chi connectivity index (χ0n) is 11.9. The molecule has 0 aromatic heterocycles. The van der Waals surface area contributed by atoms with Crippen molar-refractivity contribution in [3.8, 4) is 5.75 Å². The van der Waals surface area contributed by atoms with Crippen LogP contribution in [0.3, 0.4) is 0 Å². The average molecular weight is 433 g/mol. The van der Waals surface area contributed by atoms with Gasteiger partial charge in [-0.15, -0.1) is 11.6 Å². The molecule has 0 aliphatic heterocycles. The number of alkyl halides is 2. The lowest BCUT2D eigenvalue weighted by Crippen LogP contribution is -2.38. The summed E-state index contributed by atoms with van der Waals surface area (Å²) < 4.78 is 10.4. The third-order valence-electron chi connectivity index (χ3n) is 2.70. The number of benzene rings is 1. The summed E-state index contributed by atoms with van der Waals surface area (Å²) >= 11 is 20.3. The number of hydrogen-bond donors (Lipinski definition) is 0. The van der Waals surface area contributed by atoms with Crippen LogP contribution in [-0.4, -0.2) is 29.3 Å². The van der Waals surface area contributed by atoms with E-state index in [0.29, 0.717) is 10.8 Å². The summed E-state index contributed by atoms with van der Waals surface area (Å²) in [6.07, 6.45) is 0. The molecule has 0 saturated carbocycles. The lowest BCUT2D eigenvalue weighted by atomic mass is 9.89. The summed E-state index contributed by atoms with van der Waals surface area (Å²) in [6.45, 7) is 3.17. The van der Waals surface area contributed by atoms with E-state index >= 15 is 0 Å². The van der Waals surface area contributed by atoms with Gasteiger partial charge in [0.15, 0.2) is 5.78 Å². The molecule has 0 aliphatic carbocycles. The maximum atomic E-state index is 12.4. The van der Waals surface area contributed by atoms with Crippen molar-refractivity contribution in [1.82, 2.24) is 0 Å². The number of rotatable bonds is 7. The van der Waals surface area contributed by atoms with E-state index in [1.807, 2.05) is 0 Å². The van der Waals surface area contributed by atoms with Crippen LogP contribution in [0.5, 0.6) is 5.75 Å². The molecule has 1 aromatic rings. The molecule has 0 aliphatic rings. The van der Waals surface area contributed by atoms with E-state index in [2.05, 4.69) is 15.9 Å². The molecule has 1 unspecified atom stereocenters. The molecule has 1 rings (SSSR count). The van der Waals surface area contributed by atoms with Crippen LogP contribution < -0.4 is 4.74 Å². The smallest absolute Gasteiger partial charge is 0.320 e. The Labute approximate surface area is 152 Å². The summed E-state index contributed by atoms with van der Waals surface area (Å²) in [4.78, 5) is 23.5. The van der Waals surface area contributed by atoms with E-state index in [9.17, 15) is 9.59 Å². The Balaban J connectivity index is 2.72. The molecule has 0 heterocycles. The largest absolute Gasteiger partial charge is 0.470 e. The number of hydrogen-bond acceptors (Lipinski definition) is 4. The minimum absolute atomic E-state index is 0.100. The van der Waals surface area contributed by atoms with Crippen molar-refractivity contribution in [1.29, 1.82) is 0 Å². The van der Waals surface area contributed by atoms with E-state index in [0.717, 1.165) is 0 Å². The molecule has 0 fully saturated rings. The SMILES string of the molecule is CC(C)(COC(=O)CCl)C(=O)C(Br)Oc1ccc(Cl)cc1Cl. The zero-order chi connectivity index (χ0) is 16.9. The lowest BCUT2D eigenvalue weighted by Gasteiger charge is -2.25. The van der Waals surface area contributed by atoms with E-state index in [-0.39, 0.29) is 23.3 Å². The molecule has 0 spiro atoms. The molecule has 8 heteroatoms. The Hall–Kier alpha value is -0.490. The third kappa shape index (κ3) is 5.61. The number of ether oxygens (including phenoxy) is 2. The molecule has 4 nitrogen and oxygen atoms in total. The van der Waals surface area contributed by atoms with Gasteiger partial charge in [0.25, 0.3) is 0 Å². The van der Waals surface area contributed by atoms with Gasteiger partial charge in [-0.1, -0.05) is 23.2 Å². The van der Waals surface area contributed by atoms with Gasteiger partial charge in [-0.05, 0) is 48.0 Å². The van der Waals surface area contributed by atoms with E-state index in [1.165, 1.54) is 6.07 Å². The second-order valence-corrected chi connectivity index (χ2v) is 6.99. The molecule has 0 N–H and O–H groups in total. The first-order chi connectivity index (χ1) is 10.2. The Morgan fingerprint density at radius 3 is 2.50 bits per heavy atom. The summed E-state index contributed by atoms with van der Waals surface area (Å²) in [7, 11) is 0. The highest BCUT2D eigenvalue weighted by atomic mass is 79.9. The second kappa shape index (κ2) is 8.39. The second-order valence-electron chi connectivity index (χ2n) is 5.05. The van der Waals surface area contributed by atoms with Crippen LogP contribution in [0, 0.1) is 5.41 Å². The fourth-order valence-electron chi connectivity index (χ4n) is 1.41. The highest BCUT2D eigenvalue weighted by Gasteiger charge is 2.35. The van der Waals surface area contributed by atoms with Gasteiger partial charge in [-0.25, -0.2) is 0 Å². The van der Waals surface area contributed by atoms with Crippen molar-refractivity contribution >= 4 is 62.5 Å². The van der Waals surface area contributed by atoms with Crippen molar-refractivity contribution in [3.05, 3.63) is 28.2 Å². The van der Waals surface area contributed by atoms with Gasteiger partial charge in [0, 0.05) is 5.02 Å². The first-order valence-electron chi connectivity index (χ1n) is 6.19. The van der Waals surface area contributed by atoms with Crippen molar-refractivity contribution in [3.63, 3.8) is 0 Å². The Morgan fingerprint density at radius 2 is 1.95 bits per heavy atom. The number of esters is 1. The molecule has 0 saturated heterocycles. The predicted molar refractivity (Wildman–Crippen MR) is 90.3 cm³/mol. The number of carbonyl (C=O) groups excluding carboxylic acids is 2. The molecule has 0 radical (unpaired) electrons. The van der Waals surface area contributed by atoms with Crippen LogP contribution in [0.25, 0.3) is 0 Å². The van der Waals surface area contributed by atoms with Crippen LogP contribution in [0.2, 0.25) is 10.0 Å². The Bertz CT molecular complexity index is 563. The minimum Gasteiger partial charge on any atom is -0.470 e. The summed E-state index contributed by atoms with van der Waals surface area (Å²) in [6, 6.07) is 4.67. The van der Waals surface area contributed by atoms with Gasteiger partial charge in [0.1, 0.15) is 18.2 Å². The highest BCUT2D eigenvalue weighted by molar-refractivity contribution is 9.09. The molecular formula is C14H14BrCl3O4. The molecule has 1 atom stereocenters. The normalized spacial score (nSPS) is 12.6. The van der Waals surface area contributed by atoms with Crippen molar-refractivity contribution in [2.75, 3.05) is 12.5 Å². The Morgan fingerprint density at radius 1 is 1.32 bits per heavy atom. The van der Waals surface area contributed by atoms with Crippen molar-refractivity contribution in [2.24, 2.45) is 5.41 Å². The number of carbonyl (C=O) groups is 2. The van der Waals surface area contributed by atoms with Gasteiger partial charge in [0.2, 0.25) is 5.01 Å².